The SMILES string of the molecule is C[C@H]1Nc2cc(Br)cnc2NC(=O)[C@H]1NC(=O)OC(C)(C)C. The molecule has 0 saturated heterocycles. The van der Waals surface area contributed by atoms with Crippen molar-refractivity contribution in [3.05, 3.63) is 16.7 Å². The minimum absolute atomic E-state index is 0.329. The van der Waals surface area contributed by atoms with E-state index in [0.717, 1.165) is 4.47 Å². The maximum absolute atomic E-state index is 12.3. The molecule has 2 rings (SSSR count). The number of rotatable bonds is 1. The fourth-order valence-corrected chi connectivity index (χ4v) is 2.36. The lowest BCUT2D eigenvalue weighted by molar-refractivity contribution is -0.118. The van der Waals surface area contributed by atoms with Gasteiger partial charge >= 0.3 is 6.09 Å². The van der Waals surface area contributed by atoms with Crippen molar-refractivity contribution in [1.82, 2.24) is 10.3 Å². The van der Waals surface area contributed by atoms with Gasteiger partial charge in [0.25, 0.3) is 0 Å². The molecule has 0 radical (unpaired) electrons. The van der Waals surface area contributed by atoms with Crippen molar-refractivity contribution >= 4 is 39.4 Å². The molecule has 120 valence electrons. The van der Waals surface area contributed by atoms with Crippen LogP contribution >= 0.6 is 15.9 Å². The number of carbonyl (C=O) groups is 2. The maximum Gasteiger partial charge on any atom is 0.408 e. The van der Waals surface area contributed by atoms with Crippen LogP contribution in [0.25, 0.3) is 0 Å². The van der Waals surface area contributed by atoms with Gasteiger partial charge in [-0.05, 0) is 49.7 Å². The van der Waals surface area contributed by atoms with Gasteiger partial charge < -0.3 is 20.7 Å². The van der Waals surface area contributed by atoms with Gasteiger partial charge in [-0.1, -0.05) is 0 Å². The molecule has 2 atom stereocenters. The van der Waals surface area contributed by atoms with Crippen LogP contribution in [0, 0.1) is 0 Å². The minimum atomic E-state index is -0.775. The molecule has 2 amide bonds. The number of alkyl carbamates (subject to hydrolysis) is 1. The van der Waals surface area contributed by atoms with Gasteiger partial charge in [-0.2, -0.15) is 0 Å². The number of hydrogen-bond acceptors (Lipinski definition) is 5. The van der Waals surface area contributed by atoms with Crippen LogP contribution in [0.5, 0.6) is 0 Å². The molecule has 1 aromatic heterocycles. The maximum atomic E-state index is 12.3. The molecule has 0 bridgehead atoms. The Kier molecular flexibility index (Phi) is 4.60. The minimum Gasteiger partial charge on any atom is -0.444 e. The van der Waals surface area contributed by atoms with Gasteiger partial charge in [-0.15, -0.1) is 0 Å². The van der Waals surface area contributed by atoms with Crippen LogP contribution in [0.15, 0.2) is 16.7 Å². The number of pyridine rings is 1. The second-order valence-electron chi connectivity index (χ2n) is 6.10. The third kappa shape index (κ3) is 4.09. The van der Waals surface area contributed by atoms with Crippen molar-refractivity contribution in [3.63, 3.8) is 0 Å². The average molecular weight is 371 g/mol. The highest BCUT2D eigenvalue weighted by molar-refractivity contribution is 9.10. The molecular formula is C14H19BrN4O3. The molecule has 0 aromatic carbocycles. The fraction of sp³-hybridized carbons (Fsp3) is 0.500. The summed E-state index contributed by atoms with van der Waals surface area (Å²) in [7, 11) is 0. The molecule has 1 aliphatic heterocycles. The number of amides is 2. The first kappa shape index (κ1) is 16.5. The highest BCUT2D eigenvalue weighted by Gasteiger charge is 2.32. The summed E-state index contributed by atoms with van der Waals surface area (Å²) in [6.45, 7) is 7.09. The molecule has 3 N–H and O–H groups in total. The number of aromatic nitrogens is 1. The van der Waals surface area contributed by atoms with Crippen molar-refractivity contribution in [2.24, 2.45) is 0 Å². The lowest BCUT2D eigenvalue weighted by atomic mass is 10.1. The summed E-state index contributed by atoms with van der Waals surface area (Å²) in [5.74, 6) is 0.0768. The van der Waals surface area contributed by atoms with Crippen LogP contribution in [0.2, 0.25) is 0 Å². The van der Waals surface area contributed by atoms with E-state index < -0.39 is 17.7 Å². The standard InChI is InChI=1S/C14H19BrN4O3/c1-7-10(18-13(21)22-14(2,3)4)12(20)19-11-9(17-7)5-8(15)6-16-11/h5-7,10,17H,1-4H3,(H,18,21)(H,16,19,20)/t7-,10+/m1/s1. The molecule has 0 saturated carbocycles. The number of halogens is 1. The van der Waals surface area contributed by atoms with E-state index in [2.05, 4.69) is 36.9 Å². The van der Waals surface area contributed by atoms with E-state index in [1.165, 1.54) is 0 Å². The molecule has 7 nitrogen and oxygen atoms in total. The van der Waals surface area contributed by atoms with E-state index >= 15 is 0 Å². The van der Waals surface area contributed by atoms with E-state index in [-0.39, 0.29) is 11.9 Å². The molecule has 2 heterocycles. The highest BCUT2D eigenvalue weighted by Crippen LogP contribution is 2.27. The zero-order valence-corrected chi connectivity index (χ0v) is 14.4. The predicted molar refractivity (Wildman–Crippen MR) is 86.8 cm³/mol. The zero-order valence-electron chi connectivity index (χ0n) is 12.9. The first-order chi connectivity index (χ1) is 10.2. The molecule has 22 heavy (non-hydrogen) atoms. The fourth-order valence-electron chi connectivity index (χ4n) is 2.02. The zero-order chi connectivity index (χ0) is 16.5. The summed E-state index contributed by atoms with van der Waals surface area (Å²) in [6.07, 6.45) is 0.953. The van der Waals surface area contributed by atoms with Crippen molar-refractivity contribution in [3.8, 4) is 0 Å². The lowest BCUT2D eigenvalue weighted by Crippen LogP contribution is -2.52. The van der Waals surface area contributed by atoms with E-state index in [0.29, 0.717) is 11.5 Å². The molecule has 8 heteroatoms. The van der Waals surface area contributed by atoms with Gasteiger partial charge in [0.1, 0.15) is 11.6 Å². The third-order valence-corrected chi connectivity index (χ3v) is 3.37. The normalized spacial score (nSPS) is 21.0. The predicted octanol–water partition coefficient (Wildman–Crippen LogP) is 2.49. The first-order valence-corrected chi connectivity index (χ1v) is 7.67. The number of hydrogen-bond donors (Lipinski definition) is 3. The highest BCUT2D eigenvalue weighted by atomic mass is 79.9. The Balaban J connectivity index is 2.15. The number of ether oxygens (including phenoxy) is 1. The number of carbonyl (C=O) groups excluding carboxylic acids is 2. The number of nitrogens with zero attached hydrogens (tertiary/aromatic N) is 1. The van der Waals surface area contributed by atoms with Crippen LogP contribution in [-0.4, -0.2) is 34.7 Å². The van der Waals surface area contributed by atoms with Gasteiger partial charge in [0.05, 0.1) is 11.7 Å². The summed E-state index contributed by atoms with van der Waals surface area (Å²) >= 11 is 3.33. The van der Waals surface area contributed by atoms with Gasteiger partial charge in [0, 0.05) is 10.7 Å². The van der Waals surface area contributed by atoms with Crippen molar-refractivity contribution in [2.45, 2.75) is 45.4 Å². The number of fused-ring (bicyclic) bond motifs is 1. The van der Waals surface area contributed by atoms with Crippen LogP contribution < -0.4 is 16.0 Å². The molecule has 0 fully saturated rings. The molecule has 0 aliphatic carbocycles. The Morgan fingerprint density at radius 2 is 2.14 bits per heavy atom. The Morgan fingerprint density at radius 3 is 2.77 bits per heavy atom. The molecule has 1 aliphatic rings. The van der Waals surface area contributed by atoms with Gasteiger partial charge in [0.15, 0.2) is 5.82 Å². The van der Waals surface area contributed by atoms with Gasteiger partial charge in [-0.3, -0.25) is 4.79 Å². The average Bonchev–Trinajstić information content (AvgIpc) is 2.46. The lowest BCUT2D eigenvalue weighted by Gasteiger charge is -2.25. The molecule has 1 aromatic rings. The molecular weight excluding hydrogens is 352 g/mol. The van der Waals surface area contributed by atoms with E-state index in [4.69, 9.17) is 4.74 Å². The second kappa shape index (κ2) is 6.12. The van der Waals surface area contributed by atoms with Crippen molar-refractivity contribution in [1.29, 1.82) is 0 Å². The van der Waals surface area contributed by atoms with Crippen LogP contribution in [0.3, 0.4) is 0 Å². The quantitative estimate of drug-likeness (QED) is 0.706. The number of nitrogens with one attached hydrogen (secondary N) is 3. The Hall–Kier alpha value is -1.83. The van der Waals surface area contributed by atoms with Crippen molar-refractivity contribution < 1.29 is 14.3 Å². The van der Waals surface area contributed by atoms with E-state index in [1.807, 2.05) is 6.07 Å². The van der Waals surface area contributed by atoms with Gasteiger partial charge in [-0.25, -0.2) is 9.78 Å². The van der Waals surface area contributed by atoms with E-state index in [1.54, 1.807) is 33.9 Å². The van der Waals surface area contributed by atoms with Crippen LogP contribution in [0.4, 0.5) is 16.3 Å². The third-order valence-electron chi connectivity index (χ3n) is 2.93. The summed E-state index contributed by atoms with van der Waals surface area (Å²) in [6, 6.07) is 0.710. The summed E-state index contributed by atoms with van der Waals surface area (Å²) in [5.41, 5.74) is 0.0564. The Morgan fingerprint density at radius 1 is 1.45 bits per heavy atom. The summed E-state index contributed by atoms with van der Waals surface area (Å²) < 4.78 is 5.98. The first-order valence-electron chi connectivity index (χ1n) is 6.88. The Labute approximate surface area is 137 Å². The summed E-state index contributed by atoms with van der Waals surface area (Å²) in [5, 5.41) is 8.45. The topological polar surface area (TPSA) is 92.4 Å². The largest absolute Gasteiger partial charge is 0.444 e. The second-order valence-corrected chi connectivity index (χ2v) is 7.01. The van der Waals surface area contributed by atoms with E-state index in [9.17, 15) is 9.59 Å². The monoisotopic (exact) mass is 370 g/mol. The van der Waals surface area contributed by atoms with Crippen LogP contribution in [0.1, 0.15) is 27.7 Å². The van der Waals surface area contributed by atoms with Crippen molar-refractivity contribution in [2.75, 3.05) is 10.6 Å². The molecule has 0 unspecified atom stereocenters. The van der Waals surface area contributed by atoms with Crippen LogP contribution in [-0.2, 0) is 9.53 Å². The summed E-state index contributed by atoms with van der Waals surface area (Å²) in [4.78, 5) is 28.3. The Bertz CT molecular complexity index is 600. The number of anilines is 2. The van der Waals surface area contributed by atoms with Gasteiger partial charge in [0.2, 0.25) is 5.91 Å². The smallest absolute Gasteiger partial charge is 0.408 e. The molecule has 0 spiro atoms.